The molecular formula is C11H24N3O2+. The SMILES string of the molecule is CN(C)C(NCCCCCC(=O)O)=[N+](C)C. The van der Waals surface area contributed by atoms with E-state index in [1.54, 1.807) is 0 Å². The van der Waals surface area contributed by atoms with Gasteiger partial charge in [0.15, 0.2) is 0 Å². The smallest absolute Gasteiger partial charge is 0.347 e. The molecule has 0 aromatic carbocycles. The molecule has 0 aromatic rings. The standard InChI is InChI=1S/C11H23N3O2/c1-13(2)11(14(3)4)12-9-7-5-6-8-10(15)16/h5-9H2,1-4H3,(H,15,16)/p+1. The Morgan fingerprint density at radius 2 is 1.88 bits per heavy atom. The van der Waals surface area contributed by atoms with Gasteiger partial charge in [0.2, 0.25) is 0 Å². The fourth-order valence-corrected chi connectivity index (χ4v) is 1.49. The largest absolute Gasteiger partial charge is 0.481 e. The number of carbonyl (C=O) groups is 1. The van der Waals surface area contributed by atoms with E-state index in [-0.39, 0.29) is 6.42 Å². The number of carboxylic acids is 1. The molecule has 0 aliphatic carbocycles. The van der Waals surface area contributed by atoms with Gasteiger partial charge >= 0.3 is 11.9 Å². The Balaban J connectivity index is 3.65. The molecule has 0 aromatic heterocycles. The lowest BCUT2D eigenvalue weighted by Crippen LogP contribution is -2.42. The highest BCUT2D eigenvalue weighted by atomic mass is 16.4. The molecule has 0 bridgehead atoms. The van der Waals surface area contributed by atoms with Gasteiger partial charge in [0.25, 0.3) is 0 Å². The number of unbranched alkanes of at least 4 members (excludes halogenated alkanes) is 2. The van der Waals surface area contributed by atoms with Crippen LogP contribution in [0.2, 0.25) is 0 Å². The van der Waals surface area contributed by atoms with Gasteiger partial charge in [0.1, 0.15) is 0 Å². The maximum atomic E-state index is 10.3. The molecular weight excluding hydrogens is 206 g/mol. The molecule has 94 valence electrons. The van der Waals surface area contributed by atoms with Gasteiger partial charge < -0.3 is 5.11 Å². The van der Waals surface area contributed by atoms with E-state index >= 15 is 0 Å². The monoisotopic (exact) mass is 230 g/mol. The van der Waals surface area contributed by atoms with Crippen molar-refractivity contribution in [1.82, 2.24) is 10.2 Å². The molecule has 5 nitrogen and oxygen atoms in total. The Labute approximate surface area is 97.8 Å². The van der Waals surface area contributed by atoms with Crippen molar-refractivity contribution >= 4 is 11.9 Å². The molecule has 0 fully saturated rings. The van der Waals surface area contributed by atoms with Gasteiger partial charge in [-0.1, -0.05) is 0 Å². The third-order valence-corrected chi connectivity index (χ3v) is 2.20. The third-order valence-electron chi connectivity index (χ3n) is 2.20. The fourth-order valence-electron chi connectivity index (χ4n) is 1.49. The number of guanidine groups is 1. The summed E-state index contributed by atoms with van der Waals surface area (Å²) in [5.41, 5.74) is 0. The normalized spacial score (nSPS) is 9.75. The lowest BCUT2D eigenvalue weighted by molar-refractivity contribution is -0.472. The molecule has 0 saturated carbocycles. The van der Waals surface area contributed by atoms with Crippen LogP contribution in [0.1, 0.15) is 25.7 Å². The second-order valence-electron chi connectivity index (χ2n) is 4.24. The molecule has 0 aliphatic rings. The highest BCUT2D eigenvalue weighted by molar-refractivity contribution is 5.74. The van der Waals surface area contributed by atoms with Crippen LogP contribution in [0.3, 0.4) is 0 Å². The van der Waals surface area contributed by atoms with Crippen LogP contribution in [-0.2, 0) is 4.79 Å². The van der Waals surface area contributed by atoms with Gasteiger partial charge in [-0.3, -0.25) is 19.6 Å². The van der Waals surface area contributed by atoms with Crippen LogP contribution >= 0.6 is 0 Å². The average Bonchev–Trinajstić information content (AvgIpc) is 2.14. The van der Waals surface area contributed by atoms with Crippen LogP contribution in [0.5, 0.6) is 0 Å². The predicted molar refractivity (Wildman–Crippen MR) is 64.9 cm³/mol. The Kier molecular flexibility index (Phi) is 7.33. The quantitative estimate of drug-likeness (QED) is 0.300. The van der Waals surface area contributed by atoms with Crippen LogP contribution in [0.25, 0.3) is 0 Å². The van der Waals surface area contributed by atoms with Crippen LogP contribution < -0.4 is 5.32 Å². The molecule has 0 spiro atoms. The molecule has 0 atom stereocenters. The van der Waals surface area contributed by atoms with E-state index in [9.17, 15) is 4.79 Å². The van der Waals surface area contributed by atoms with E-state index in [1.165, 1.54) is 0 Å². The zero-order chi connectivity index (χ0) is 12.6. The summed E-state index contributed by atoms with van der Waals surface area (Å²) in [7, 11) is 7.97. The van der Waals surface area contributed by atoms with Crippen LogP contribution in [0.4, 0.5) is 0 Å². The summed E-state index contributed by atoms with van der Waals surface area (Å²) in [6.07, 6.45) is 2.99. The summed E-state index contributed by atoms with van der Waals surface area (Å²) >= 11 is 0. The Morgan fingerprint density at radius 1 is 1.25 bits per heavy atom. The van der Waals surface area contributed by atoms with E-state index < -0.39 is 5.97 Å². The minimum Gasteiger partial charge on any atom is -0.481 e. The number of nitrogens with zero attached hydrogens (tertiary/aromatic N) is 2. The summed E-state index contributed by atoms with van der Waals surface area (Å²) in [4.78, 5) is 12.3. The number of carboxylic acid groups (broad SMARTS) is 1. The van der Waals surface area contributed by atoms with E-state index in [1.807, 2.05) is 37.7 Å². The average molecular weight is 230 g/mol. The van der Waals surface area contributed by atoms with Gasteiger partial charge in [-0.15, -0.1) is 0 Å². The van der Waals surface area contributed by atoms with E-state index in [0.29, 0.717) is 0 Å². The Hall–Kier alpha value is -1.26. The number of nitrogens with one attached hydrogen (secondary N) is 1. The number of rotatable bonds is 6. The lowest BCUT2D eigenvalue weighted by atomic mass is 10.2. The van der Waals surface area contributed by atoms with Crippen molar-refractivity contribution in [3.8, 4) is 0 Å². The van der Waals surface area contributed by atoms with Crippen molar-refractivity contribution in [2.75, 3.05) is 34.7 Å². The molecule has 0 rings (SSSR count). The van der Waals surface area contributed by atoms with Crippen molar-refractivity contribution < 1.29 is 14.5 Å². The first-order valence-electron chi connectivity index (χ1n) is 5.62. The van der Waals surface area contributed by atoms with E-state index in [2.05, 4.69) is 5.32 Å². The molecule has 0 amide bonds. The zero-order valence-electron chi connectivity index (χ0n) is 10.8. The molecule has 5 heteroatoms. The maximum Gasteiger partial charge on any atom is 0.347 e. The molecule has 0 aliphatic heterocycles. The van der Waals surface area contributed by atoms with Gasteiger partial charge in [-0.25, -0.2) is 0 Å². The summed E-state index contributed by atoms with van der Waals surface area (Å²) < 4.78 is 2.03. The van der Waals surface area contributed by atoms with Crippen molar-refractivity contribution in [2.45, 2.75) is 25.7 Å². The molecule has 0 radical (unpaired) electrons. The minimum absolute atomic E-state index is 0.276. The highest BCUT2D eigenvalue weighted by Gasteiger charge is 2.09. The number of hydrogen-bond donors (Lipinski definition) is 2. The fraction of sp³-hybridized carbons (Fsp3) is 0.818. The lowest BCUT2D eigenvalue weighted by Gasteiger charge is -2.12. The molecule has 0 heterocycles. The molecule has 0 saturated heterocycles. The van der Waals surface area contributed by atoms with Gasteiger partial charge in [-0.2, -0.15) is 0 Å². The Morgan fingerprint density at radius 3 is 2.31 bits per heavy atom. The molecule has 16 heavy (non-hydrogen) atoms. The molecule has 2 N–H and O–H groups in total. The predicted octanol–water partition coefficient (Wildman–Crippen LogP) is 0.411. The first kappa shape index (κ1) is 14.7. The van der Waals surface area contributed by atoms with Crippen LogP contribution in [0.15, 0.2) is 0 Å². The number of hydrogen-bond acceptors (Lipinski definition) is 1. The van der Waals surface area contributed by atoms with E-state index in [4.69, 9.17) is 5.11 Å². The van der Waals surface area contributed by atoms with Crippen LogP contribution in [0, 0.1) is 0 Å². The Bertz CT molecular complexity index is 246. The summed E-state index contributed by atoms with van der Waals surface area (Å²) in [6.45, 7) is 0.880. The van der Waals surface area contributed by atoms with E-state index in [0.717, 1.165) is 31.8 Å². The summed E-state index contributed by atoms with van der Waals surface area (Å²) in [5.74, 6) is 0.361. The maximum absolute atomic E-state index is 10.3. The van der Waals surface area contributed by atoms with Crippen molar-refractivity contribution in [1.29, 1.82) is 0 Å². The second-order valence-corrected chi connectivity index (χ2v) is 4.24. The summed E-state index contributed by atoms with van der Waals surface area (Å²) in [6, 6.07) is 0. The minimum atomic E-state index is -0.707. The van der Waals surface area contributed by atoms with Crippen molar-refractivity contribution in [3.63, 3.8) is 0 Å². The van der Waals surface area contributed by atoms with Crippen molar-refractivity contribution in [2.24, 2.45) is 0 Å². The second kappa shape index (κ2) is 7.96. The highest BCUT2D eigenvalue weighted by Crippen LogP contribution is 1.98. The molecule has 0 unspecified atom stereocenters. The zero-order valence-corrected chi connectivity index (χ0v) is 10.8. The van der Waals surface area contributed by atoms with Crippen molar-refractivity contribution in [3.05, 3.63) is 0 Å². The van der Waals surface area contributed by atoms with Gasteiger partial charge in [-0.05, 0) is 19.3 Å². The summed E-state index contributed by atoms with van der Waals surface area (Å²) in [5, 5.41) is 11.8. The van der Waals surface area contributed by atoms with Gasteiger partial charge in [0, 0.05) is 6.42 Å². The number of aliphatic carboxylic acids is 1. The first-order chi connectivity index (χ1) is 7.45. The van der Waals surface area contributed by atoms with Crippen LogP contribution in [-0.4, -0.2) is 61.2 Å². The topological polar surface area (TPSA) is 55.6 Å². The first-order valence-corrected chi connectivity index (χ1v) is 5.62. The third kappa shape index (κ3) is 7.09. The van der Waals surface area contributed by atoms with Gasteiger partial charge in [0.05, 0.1) is 34.7 Å².